The lowest BCUT2D eigenvalue weighted by molar-refractivity contribution is -0.192. The number of alkyl halides is 3. The second kappa shape index (κ2) is 9.33. The van der Waals surface area contributed by atoms with E-state index in [1.54, 1.807) is 18.3 Å². The number of carboxylic acid groups (broad SMARTS) is 1. The molecule has 2 aromatic carbocycles. The molecule has 1 aliphatic heterocycles. The Kier molecular flexibility index (Phi) is 6.94. The van der Waals surface area contributed by atoms with E-state index in [0.29, 0.717) is 4.90 Å². The first-order valence-corrected chi connectivity index (χ1v) is 11.4. The Bertz CT molecular complexity index is 1200. The van der Waals surface area contributed by atoms with Crippen molar-refractivity contribution in [2.24, 2.45) is 0 Å². The molecule has 172 valence electrons. The normalized spacial score (nSPS) is 14.9. The van der Waals surface area contributed by atoms with Gasteiger partial charge in [-0.1, -0.05) is 29.8 Å². The Morgan fingerprint density at radius 1 is 1.03 bits per heavy atom. The molecule has 6 nitrogen and oxygen atoms in total. The van der Waals surface area contributed by atoms with Crippen molar-refractivity contribution < 1.29 is 31.5 Å². The molecule has 0 unspecified atom stereocenters. The highest BCUT2D eigenvalue weighted by Gasteiger charge is 2.38. The molecule has 32 heavy (non-hydrogen) atoms. The molecule has 0 spiro atoms. The van der Waals surface area contributed by atoms with Crippen LogP contribution in [0.15, 0.2) is 59.6 Å². The molecule has 1 aliphatic rings. The van der Waals surface area contributed by atoms with Crippen LogP contribution >= 0.6 is 0 Å². The lowest BCUT2D eigenvalue weighted by Gasteiger charge is -2.15. The molecule has 0 amide bonds. The van der Waals surface area contributed by atoms with Crippen molar-refractivity contribution in [2.45, 2.75) is 37.4 Å². The molecular weight excluding hydrogens is 445 g/mol. The van der Waals surface area contributed by atoms with Gasteiger partial charge in [-0.15, -0.1) is 0 Å². The summed E-state index contributed by atoms with van der Waals surface area (Å²) in [6.45, 7) is 5.08. The lowest BCUT2D eigenvalue weighted by atomic mass is 10.1. The molecule has 0 aliphatic carbocycles. The number of aliphatic carboxylic acids is 1. The fourth-order valence-electron chi connectivity index (χ4n) is 3.56. The number of nitrogens with zero attached hydrogens (tertiary/aromatic N) is 2. The summed E-state index contributed by atoms with van der Waals surface area (Å²) >= 11 is 0. The van der Waals surface area contributed by atoms with Crippen LogP contribution in [0.3, 0.4) is 0 Å². The number of likely N-dealkylation sites (tertiary alicyclic amines) is 1. The fourth-order valence-corrected chi connectivity index (χ4v) is 4.91. The topological polar surface area (TPSA) is 79.6 Å². The summed E-state index contributed by atoms with van der Waals surface area (Å²) < 4.78 is 59.2. The van der Waals surface area contributed by atoms with Gasteiger partial charge in [-0.05, 0) is 62.7 Å². The third kappa shape index (κ3) is 5.31. The van der Waals surface area contributed by atoms with Crippen molar-refractivity contribution in [1.82, 2.24) is 8.87 Å². The summed E-state index contributed by atoms with van der Waals surface area (Å²) in [5.41, 5.74) is 2.98. The highest BCUT2D eigenvalue weighted by Crippen LogP contribution is 2.26. The van der Waals surface area contributed by atoms with Gasteiger partial charge in [0.1, 0.15) is 0 Å². The molecule has 1 saturated heterocycles. The van der Waals surface area contributed by atoms with Crippen LogP contribution in [-0.4, -0.2) is 47.6 Å². The summed E-state index contributed by atoms with van der Waals surface area (Å²) in [5.74, 6) is -2.76. The average Bonchev–Trinajstić information content (AvgIpc) is 3.38. The van der Waals surface area contributed by atoms with E-state index >= 15 is 0 Å². The molecule has 1 fully saturated rings. The van der Waals surface area contributed by atoms with Crippen LogP contribution in [-0.2, 0) is 21.4 Å². The summed E-state index contributed by atoms with van der Waals surface area (Å²) in [6.07, 6.45) is -0.912. The van der Waals surface area contributed by atoms with Crippen molar-refractivity contribution in [3.63, 3.8) is 0 Å². The van der Waals surface area contributed by atoms with E-state index in [1.807, 2.05) is 37.3 Å². The Morgan fingerprint density at radius 2 is 1.62 bits per heavy atom. The molecule has 0 bridgehead atoms. The van der Waals surface area contributed by atoms with Crippen molar-refractivity contribution in [3.8, 4) is 0 Å². The van der Waals surface area contributed by atoms with Crippen molar-refractivity contribution >= 4 is 26.9 Å². The summed E-state index contributed by atoms with van der Waals surface area (Å²) in [5, 5.41) is 8.14. The lowest BCUT2D eigenvalue weighted by Crippen LogP contribution is -2.21. The third-order valence-electron chi connectivity index (χ3n) is 5.20. The maximum absolute atomic E-state index is 13.0. The number of rotatable bonds is 4. The summed E-state index contributed by atoms with van der Waals surface area (Å²) in [4.78, 5) is 11.6. The fraction of sp³-hybridized carbons (Fsp3) is 0.318. The van der Waals surface area contributed by atoms with Crippen LogP contribution in [0.1, 0.15) is 24.0 Å². The van der Waals surface area contributed by atoms with Crippen molar-refractivity contribution in [3.05, 3.63) is 65.9 Å². The number of hydrogen-bond donors (Lipinski definition) is 1. The van der Waals surface area contributed by atoms with E-state index in [-0.39, 0.29) is 0 Å². The van der Waals surface area contributed by atoms with Gasteiger partial charge >= 0.3 is 12.1 Å². The average molecular weight is 468 g/mol. The monoisotopic (exact) mass is 468 g/mol. The van der Waals surface area contributed by atoms with Crippen molar-refractivity contribution in [1.29, 1.82) is 0 Å². The molecule has 10 heteroatoms. The predicted molar refractivity (Wildman–Crippen MR) is 114 cm³/mol. The molecule has 0 saturated carbocycles. The smallest absolute Gasteiger partial charge is 0.475 e. The van der Waals surface area contributed by atoms with Crippen LogP contribution in [0.2, 0.25) is 0 Å². The molecule has 0 radical (unpaired) electrons. The van der Waals surface area contributed by atoms with Gasteiger partial charge in [0.25, 0.3) is 10.0 Å². The number of halogens is 3. The molecule has 1 N–H and O–H groups in total. The van der Waals surface area contributed by atoms with E-state index < -0.39 is 22.2 Å². The first-order chi connectivity index (χ1) is 15.0. The minimum Gasteiger partial charge on any atom is -0.475 e. The molecule has 2 heterocycles. The highest BCUT2D eigenvalue weighted by molar-refractivity contribution is 7.90. The van der Waals surface area contributed by atoms with Gasteiger partial charge in [-0.25, -0.2) is 17.2 Å². The first-order valence-electron chi connectivity index (χ1n) is 9.94. The highest BCUT2D eigenvalue weighted by atomic mass is 32.2. The van der Waals surface area contributed by atoms with E-state index in [4.69, 9.17) is 9.90 Å². The minimum absolute atomic E-state index is 0.320. The quantitative estimate of drug-likeness (QED) is 0.614. The van der Waals surface area contributed by atoms with Gasteiger partial charge in [0, 0.05) is 18.1 Å². The van der Waals surface area contributed by atoms with Gasteiger partial charge < -0.3 is 5.11 Å². The maximum atomic E-state index is 13.0. The van der Waals surface area contributed by atoms with E-state index in [0.717, 1.165) is 36.1 Å². The predicted octanol–water partition coefficient (Wildman–Crippen LogP) is 4.42. The zero-order valence-corrected chi connectivity index (χ0v) is 18.2. The summed E-state index contributed by atoms with van der Waals surface area (Å²) in [7, 11) is -3.58. The standard InChI is InChI=1S/C20H22N2O2S.C2HF3O2/c1-16-7-9-18(10-8-16)25(23,24)22-14-11-19-17(5-4-6-20(19)22)15-21-12-2-3-13-21;3-2(4,5)1(6)7/h4-11,14H,2-3,12-13,15H2,1H3;(H,6,7). The van der Waals surface area contributed by atoms with Crippen LogP contribution in [0, 0.1) is 6.92 Å². The van der Waals surface area contributed by atoms with Crippen LogP contribution < -0.4 is 0 Å². The van der Waals surface area contributed by atoms with E-state index in [9.17, 15) is 21.6 Å². The Morgan fingerprint density at radius 3 is 2.19 bits per heavy atom. The van der Waals surface area contributed by atoms with E-state index in [1.165, 1.54) is 22.4 Å². The largest absolute Gasteiger partial charge is 0.490 e. The van der Waals surface area contributed by atoms with Crippen LogP contribution in [0.5, 0.6) is 0 Å². The minimum atomic E-state index is -5.08. The Balaban J connectivity index is 0.000000360. The van der Waals surface area contributed by atoms with Gasteiger partial charge in [-0.3, -0.25) is 4.90 Å². The second-order valence-electron chi connectivity index (χ2n) is 7.57. The molecular formula is C22H23F3N2O4S. The Labute approximate surface area is 183 Å². The number of carbonyl (C=O) groups is 1. The number of carboxylic acids is 1. The van der Waals surface area contributed by atoms with Gasteiger partial charge in [0.2, 0.25) is 0 Å². The van der Waals surface area contributed by atoms with Gasteiger partial charge in [0.15, 0.2) is 0 Å². The number of hydrogen-bond acceptors (Lipinski definition) is 4. The maximum Gasteiger partial charge on any atom is 0.490 e. The summed E-state index contributed by atoms with van der Waals surface area (Å²) in [6, 6.07) is 14.9. The Hall–Kier alpha value is -2.85. The molecule has 3 aromatic rings. The number of fused-ring (bicyclic) bond motifs is 1. The second-order valence-corrected chi connectivity index (χ2v) is 9.38. The molecule has 1 aromatic heterocycles. The zero-order valence-electron chi connectivity index (χ0n) is 17.3. The SMILES string of the molecule is Cc1ccc(S(=O)(=O)n2ccc3c(CN4CCCC4)cccc32)cc1.O=C(O)C(F)(F)F. The first kappa shape index (κ1) is 23.8. The van der Waals surface area contributed by atoms with E-state index in [2.05, 4.69) is 11.0 Å². The van der Waals surface area contributed by atoms with Crippen LogP contribution in [0.4, 0.5) is 13.2 Å². The van der Waals surface area contributed by atoms with Gasteiger partial charge in [-0.2, -0.15) is 13.2 Å². The third-order valence-corrected chi connectivity index (χ3v) is 6.90. The van der Waals surface area contributed by atoms with Gasteiger partial charge in [0.05, 0.1) is 10.4 Å². The number of aryl methyl sites for hydroxylation is 1. The molecule has 4 rings (SSSR count). The van der Waals surface area contributed by atoms with Crippen LogP contribution in [0.25, 0.3) is 10.9 Å². The zero-order chi connectivity index (χ0) is 23.5. The molecule has 0 atom stereocenters. The number of aromatic nitrogens is 1. The number of benzene rings is 2. The van der Waals surface area contributed by atoms with Crippen molar-refractivity contribution in [2.75, 3.05) is 13.1 Å².